The molecule has 16 heavy (non-hydrogen) atoms. The summed E-state index contributed by atoms with van der Waals surface area (Å²) in [5, 5.41) is 0. The standard InChI is InChI=1S/C12H20O4/c1-3-11(13)15-9-7-5-6-8-10-16-12(14)4-2/h3H,1,4-10H2,2H3. The van der Waals surface area contributed by atoms with Gasteiger partial charge in [-0.15, -0.1) is 0 Å². The zero-order valence-electron chi connectivity index (χ0n) is 9.87. The molecule has 0 atom stereocenters. The molecule has 0 aromatic rings. The number of rotatable bonds is 9. The third kappa shape index (κ3) is 9.24. The Bertz CT molecular complexity index is 223. The smallest absolute Gasteiger partial charge is 0.330 e. The number of hydrogen-bond acceptors (Lipinski definition) is 4. The maximum Gasteiger partial charge on any atom is 0.330 e. The average Bonchev–Trinajstić information content (AvgIpc) is 2.31. The average molecular weight is 228 g/mol. The van der Waals surface area contributed by atoms with Crippen molar-refractivity contribution in [1.82, 2.24) is 0 Å². The van der Waals surface area contributed by atoms with Gasteiger partial charge in [0.05, 0.1) is 13.2 Å². The van der Waals surface area contributed by atoms with Gasteiger partial charge in [0.1, 0.15) is 0 Å². The van der Waals surface area contributed by atoms with Crippen molar-refractivity contribution >= 4 is 11.9 Å². The molecule has 0 spiro atoms. The Balaban J connectivity index is 3.13. The first-order valence-corrected chi connectivity index (χ1v) is 5.65. The van der Waals surface area contributed by atoms with Gasteiger partial charge in [-0.1, -0.05) is 13.5 Å². The Morgan fingerprint density at radius 1 is 1.06 bits per heavy atom. The van der Waals surface area contributed by atoms with Crippen LogP contribution in [0.2, 0.25) is 0 Å². The number of esters is 2. The van der Waals surface area contributed by atoms with Crippen LogP contribution in [0.1, 0.15) is 39.0 Å². The lowest BCUT2D eigenvalue weighted by atomic mass is 10.2. The molecule has 0 aliphatic rings. The van der Waals surface area contributed by atoms with Gasteiger partial charge in [0, 0.05) is 12.5 Å². The summed E-state index contributed by atoms with van der Waals surface area (Å²) in [5.74, 6) is -0.531. The van der Waals surface area contributed by atoms with E-state index in [4.69, 9.17) is 9.47 Å². The highest BCUT2D eigenvalue weighted by molar-refractivity contribution is 5.81. The second-order valence-corrected chi connectivity index (χ2v) is 3.36. The van der Waals surface area contributed by atoms with E-state index in [0.29, 0.717) is 19.6 Å². The molecule has 0 unspecified atom stereocenters. The molecule has 4 heteroatoms. The molecule has 92 valence electrons. The molecule has 4 nitrogen and oxygen atoms in total. The van der Waals surface area contributed by atoms with Gasteiger partial charge >= 0.3 is 11.9 Å². The lowest BCUT2D eigenvalue weighted by molar-refractivity contribution is -0.143. The van der Waals surface area contributed by atoms with Crippen molar-refractivity contribution < 1.29 is 19.1 Å². The normalized spacial score (nSPS) is 9.56. The van der Waals surface area contributed by atoms with Gasteiger partial charge in [0.25, 0.3) is 0 Å². The summed E-state index contributed by atoms with van der Waals surface area (Å²) in [6, 6.07) is 0. The summed E-state index contributed by atoms with van der Waals surface area (Å²) < 4.78 is 9.73. The molecule has 0 bridgehead atoms. The second-order valence-electron chi connectivity index (χ2n) is 3.36. The third-order valence-corrected chi connectivity index (χ3v) is 2.00. The number of carbonyl (C=O) groups is 2. The van der Waals surface area contributed by atoms with E-state index in [2.05, 4.69) is 6.58 Å². The minimum absolute atomic E-state index is 0.153. The van der Waals surface area contributed by atoms with Gasteiger partial charge in [0.2, 0.25) is 0 Å². The van der Waals surface area contributed by atoms with Gasteiger partial charge in [-0.3, -0.25) is 4.79 Å². The predicted molar refractivity (Wildman–Crippen MR) is 60.9 cm³/mol. The highest BCUT2D eigenvalue weighted by Gasteiger charge is 1.98. The molecule has 0 aromatic heterocycles. The van der Waals surface area contributed by atoms with Crippen molar-refractivity contribution in [2.75, 3.05) is 13.2 Å². The van der Waals surface area contributed by atoms with E-state index in [9.17, 15) is 9.59 Å². The Hall–Kier alpha value is -1.32. The molecule has 0 N–H and O–H groups in total. The Morgan fingerprint density at radius 2 is 1.62 bits per heavy atom. The monoisotopic (exact) mass is 228 g/mol. The fourth-order valence-corrected chi connectivity index (χ4v) is 1.08. The summed E-state index contributed by atoms with van der Waals surface area (Å²) in [5.41, 5.74) is 0. The summed E-state index contributed by atoms with van der Waals surface area (Å²) in [6.07, 6.45) is 5.22. The Morgan fingerprint density at radius 3 is 2.12 bits per heavy atom. The van der Waals surface area contributed by atoms with Crippen molar-refractivity contribution in [2.45, 2.75) is 39.0 Å². The van der Waals surface area contributed by atoms with E-state index < -0.39 is 0 Å². The van der Waals surface area contributed by atoms with E-state index in [0.717, 1.165) is 31.8 Å². The van der Waals surface area contributed by atoms with Crippen molar-refractivity contribution in [3.05, 3.63) is 12.7 Å². The van der Waals surface area contributed by atoms with Crippen LogP contribution in [0.3, 0.4) is 0 Å². The maximum absolute atomic E-state index is 10.8. The van der Waals surface area contributed by atoms with E-state index >= 15 is 0 Å². The van der Waals surface area contributed by atoms with Crippen LogP contribution in [-0.4, -0.2) is 25.2 Å². The maximum atomic E-state index is 10.8. The molecule has 0 heterocycles. The van der Waals surface area contributed by atoms with E-state index in [1.54, 1.807) is 6.92 Å². The molecule has 0 amide bonds. The fourth-order valence-electron chi connectivity index (χ4n) is 1.08. The van der Waals surface area contributed by atoms with Gasteiger partial charge in [-0.2, -0.15) is 0 Å². The zero-order valence-corrected chi connectivity index (χ0v) is 9.87. The van der Waals surface area contributed by atoms with E-state index in [-0.39, 0.29) is 11.9 Å². The van der Waals surface area contributed by atoms with Gasteiger partial charge in [0.15, 0.2) is 0 Å². The van der Waals surface area contributed by atoms with Crippen LogP contribution in [0, 0.1) is 0 Å². The molecular formula is C12H20O4. The van der Waals surface area contributed by atoms with Crippen molar-refractivity contribution in [3.8, 4) is 0 Å². The first-order valence-electron chi connectivity index (χ1n) is 5.65. The molecule has 0 aliphatic carbocycles. The molecule has 0 radical (unpaired) electrons. The molecule has 0 saturated carbocycles. The van der Waals surface area contributed by atoms with Gasteiger partial charge in [-0.05, 0) is 25.7 Å². The SMILES string of the molecule is C=CC(=O)OCCCCCCOC(=O)CC. The van der Waals surface area contributed by atoms with Crippen molar-refractivity contribution in [2.24, 2.45) is 0 Å². The molecule has 0 saturated heterocycles. The minimum atomic E-state index is -0.378. The van der Waals surface area contributed by atoms with Crippen LogP contribution in [0.25, 0.3) is 0 Å². The lowest BCUT2D eigenvalue weighted by Crippen LogP contribution is -2.04. The Kier molecular flexibility index (Phi) is 9.36. The van der Waals surface area contributed by atoms with E-state index in [1.165, 1.54) is 0 Å². The third-order valence-electron chi connectivity index (χ3n) is 2.00. The fraction of sp³-hybridized carbons (Fsp3) is 0.667. The Labute approximate surface area is 96.6 Å². The van der Waals surface area contributed by atoms with Gasteiger partial charge in [-0.25, -0.2) is 4.79 Å². The van der Waals surface area contributed by atoms with Crippen LogP contribution in [0.4, 0.5) is 0 Å². The van der Waals surface area contributed by atoms with Crippen LogP contribution in [-0.2, 0) is 19.1 Å². The van der Waals surface area contributed by atoms with Crippen LogP contribution in [0.5, 0.6) is 0 Å². The number of carbonyl (C=O) groups excluding carboxylic acids is 2. The van der Waals surface area contributed by atoms with Crippen LogP contribution in [0.15, 0.2) is 12.7 Å². The minimum Gasteiger partial charge on any atom is -0.466 e. The predicted octanol–water partition coefficient (Wildman–Crippen LogP) is 2.23. The van der Waals surface area contributed by atoms with Crippen molar-refractivity contribution in [3.63, 3.8) is 0 Å². The second kappa shape index (κ2) is 10.2. The van der Waals surface area contributed by atoms with Crippen LogP contribution >= 0.6 is 0 Å². The highest BCUT2D eigenvalue weighted by atomic mass is 16.5. The summed E-state index contributed by atoms with van der Waals surface area (Å²) >= 11 is 0. The number of hydrogen-bond donors (Lipinski definition) is 0. The molecule has 0 fully saturated rings. The van der Waals surface area contributed by atoms with Crippen molar-refractivity contribution in [1.29, 1.82) is 0 Å². The molecule has 0 rings (SSSR count). The summed E-state index contributed by atoms with van der Waals surface area (Å²) in [4.78, 5) is 21.4. The molecule has 0 aliphatic heterocycles. The molecule has 0 aromatic carbocycles. The molecular weight excluding hydrogens is 208 g/mol. The number of ether oxygens (including phenoxy) is 2. The summed E-state index contributed by atoms with van der Waals surface area (Å²) in [6.45, 7) is 5.99. The zero-order chi connectivity index (χ0) is 12.2. The first-order chi connectivity index (χ1) is 7.70. The topological polar surface area (TPSA) is 52.6 Å². The summed E-state index contributed by atoms with van der Waals surface area (Å²) in [7, 11) is 0. The van der Waals surface area contributed by atoms with E-state index in [1.807, 2.05) is 0 Å². The lowest BCUT2D eigenvalue weighted by Gasteiger charge is -2.03. The first kappa shape index (κ1) is 14.7. The quantitative estimate of drug-likeness (QED) is 0.345. The highest BCUT2D eigenvalue weighted by Crippen LogP contribution is 2.01. The largest absolute Gasteiger partial charge is 0.466 e. The number of unbranched alkanes of at least 4 members (excludes halogenated alkanes) is 3. The van der Waals surface area contributed by atoms with Gasteiger partial charge < -0.3 is 9.47 Å². The van der Waals surface area contributed by atoms with Crippen LogP contribution < -0.4 is 0 Å².